The van der Waals surface area contributed by atoms with E-state index in [4.69, 9.17) is 14.2 Å². The molecule has 0 radical (unpaired) electrons. The van der Waals surface area contributed by atoms with Crippen LogP contribution >= 0.6 is 0 Å². The van der Waals surface area contributed by atoms with Crippen LogP contribution in [0.25, 0.3) is 0 Å². The number of aliphatic hydroxyl groups is 3. The molecule has 0 amide bonds. The van der Waals surface area contributed by atoms with Gasteiger partial charge in [0.1, 0.15) is 11.9 Å². The number of pyridine rings is 1. The SMILES string of the molecule is COc1ccc(C(=O)CC(=O)C[C@H]2CO[C@@H](C[C@@H]3O[C@H]3[C@@H](C)[C@H](C)O)[C@H](O)[C@@H]2O)cn1. The zero-order valence-electron chi connectivity index (χ0n) is 18.0. The van der Waals surface area contributed by atoms with Crippen LogP contribution in [-0.2, 0) is 14.3 Å². The van der Waals surface area contributed by atoms with Crippen molar-refractivity contribution in [2.24, 2.45) is 11.8 Å². The van der Waals surface area contributed by atoms with Crippen LogP contribution in [0.1, 0.15) is 43.5 Å². The Morgan fingerprint density at radius 3 is 2.58 bits per heavy atom. The van der Waals surface area contributed by atoms with Gasteiger partial charge in [-0.05, 0) is 13.0 Å². The standard InChI is InChI=1S/C22H31NO8/c1-11(12(2)24)22-18(31-22)8-17-21(28)20(27)14(10-30-17)6-15(25)7-16(26)13-4-5-19(29-3)23-9-13/h4-5,9,11-12,14,17-18,20-22,24,27-28H,6-8,10H2,1-3H3/t11-,12-,14-,17-,18-,20+,21-,22-/m0/s1. The molecule has 2 fully saturated rings. The Morgan fingerprint density at radius 2 is 1.97 bits per heavy atom. The molecule has 3 N–H and O–H groups in total. The van der Waals surface area contributed by atoms with E-state index in [1.807, 2.05) is 6.92 Å². The zero-order chi connectivity index (χ0) is 22.7. The molecule has 1 aromatic rings. The molecule has 2 saturated heterocycles. The Bertz CT molecular complexity index is 767. The largest absolute Gasteiger partial charge is 0.481 e. The molecule has 9 heteroatoms. The minimum Gasteiger partial charge on any atom is -0.481 e. The highest BCUT2D eigenvalue weighted by Gasteiger charge is 2.48. The van der Waals surface area contributed by atoms with Crippen molar-refractivity contribution in [1.82, 2.24) is 4.98 Å². The highest BCUT2D eigenvalue weighted by atomic mass is 16.6. The number of aromatic nitrogens is 1. The Hall–Kier alpha value is -1.91. The minimum atomic E-state index is -1.15. The van der Waals surface area contributed by atoms with E-state index in [9.17, 15) is 24.9 Å². The van der Waals surface area contributed by atoms with Gasteiger partial charge < -0.3 is 29.5 Å². The molecule has 2 aliphatic heterocycles. The fraction of sp³-hybridized carbons (Fsp3) is 0.682. The normalized spacial score (nSPS) is 32.2. The summed E-state index contributed by atoms with van der Waals surface area (Å²) in [4.78, 5) is 28.6. The summed E-state index contributed by atoms with van der Waals surface area (Å²) in [6.07, 6.45) is -2.24. The first-order chi connectivity index (χ1) is 14.7. The molecule has 2 aliphatic rings. The van der Waals surface area contributed by atoms with Gasteiger partial charge in [0.25, 0.3) is 0 Å². The van der Waals surface area contributed by atoms with Crippen LogP contribution in [0.5, 0.6) is 5.88 Å². The molecular weight excluding hydrogens is 406 g/mol. The van der Waals surface area contributed by atoms with Crippen LogP contribution in [0, 0.1) is 11.8 Å². The topological polar surface area (TPSA) is 139 Å². The lowest BCUT2D eigenvalue weighted by molar-refractivity contribution is -0.170. The van der Waals surface area contributed by atoms with Crippen molar-refractivity contribution in [2.75, 3.05) is 13.7 Å². The number of ether oxygens (including phenoxy) is 3. The number of rotatable bonds is 10. The lowest BCUT2D eigenvalue weighted by atomic mass is 9.85. The molecule has 0 aliphatic carbocycles. The van der Waals surface area contributed by atoms with Crippen LogP contribution in [0.3, 0.4) is 0 Å². The number of nitrogens with zero attached hydrogens (tertiary/aromatic N) is 1. The quantitative estimate of drug-likeness (QED) is 0.272. The lowest BCUT2D eigenvalue weighted by Crippen LogP contribution is -2.51. The van der Waals surface area contributed by atoms with Gasteiger partial charge in [0, 0.05) is 42.5 Å². The first kappa shape index (κ1) is 23.7. The van der Waals surface area contributed by atoms with Crippen molar-refractivity contribution < 1.29 is 39.1 Å². The van der Waals surface area contributed by atoms with Gasteiger partial charge in [-0.2, -0.15) is 0 Å². The van der Waals surface area contributed by atoms with Gasteiger partial charge >= 0.3 is 0 Å². The molecule has 3 heterocycles. The van der Waals surface area contributed by atoms with Crippen LogP contribution in [-0.4, -0.2) is 82.2 Å². The number of hydrogen-bond acceptors (Lipinski definition) is 9. The first-order valence-electron chi connectivity index (χ1n) is 10.6. The van der Waals surface area contributed by atoms with Crippen molar-refractivity contribution >= 4 is 11.6 Å². The van der Waals surface area contributed by atoms with Crippen molar-refractivity contribution in [3.63, 3.8) is 0 Å². The van der Waals surface area contributed by atoms with Gasteiger partial charge in [0.05, 0.1) is 50.7 Å². The Morgan fingerprint density at radius 1 is 1.23 bits per heavy atom. The van der Waals surface area contributed by atoms with Crippen molar-refractivity contribution in [2.45, 2.75) is 69.7 Å². The molecule has 0 saturated carbocycles. The average Bonchev–Trinajstić information content (AvgIpc) is 3.51. The molecule has 0 spiro atoms. The predicted molar refractivity (Wildman–Crippen MR) is 109 cm³/mol. The van der Waals surface area contributed by atoms with E-state index in [1.54, 1.807) is 19.1 Å². The van der Waals surface area contributed by atoms with E-state index in [0.29, 0.717) is 17.9 Å². The van der Waals surface area contributed by atoms with Crippen LogP contribution in [0.4, 0.5) is 0 Å². The fourth-order valence-electron chi connectivity index (χ4n) is 3.95. The smallest absolute Gasteiger partial charge is 0.212 e. The number of Topliss-reactive ketones (excluding diaryl/α,β-unsaturated/α-hetero) is 2. The van der Waals surface area contributed by atoms with Crippen LogP contribution < -0.4 is 4.74 Å². The van der Waals surface area contributed by atoms with E-state index >= 15 is 0 Å². The van der Waals surface area contributed by atoms with Gasteiger partial charge in [-0.25, -0.2) is 4.98 Å². The molecule has 0 unspecified atom stereocenters. The zero-order valence-corrected chi connectivity index (χ0v) is 18.0. The predicted octanol–water partition coefficient (Wildman–Crippen LogP) is 0.533. The number of aliphatic hydroxyl groups excluding tert-OH is 3. The Balaban J connectivity index is 1.46. The summed E-state index contributed by atoms with van der Waals surface area (Å²) in [7, 11) is 1.47. The third-order valence-corrected chi connectivity index (χ3v) is 6.22. The van der Waals surface area contributed by atoms with Gasteiger partial charge in [-0.1, -0.05) is 6.92 Å². The summed E-state index contributed by atoms with van der Waals surface area (Å²) in [6, 6.07) is 3.09. The summed E-state index contributed by atoms with van der Waals surface area (Å²) in [5, 5.41) is 30.6. The second-order valence-electron chi connectivity index (χ2n) is 8.52. The first-order valence-corrected chi connectivity index (χ1v) is 10.6. The van der Waals surface area contributed by atoms with Gasteiger partial charge in [-0.15, -0.1) is 0 Å². The summed E-state index contributed by atoms with van der Waals surface area (Å²) in [5.41, 5.74) is 0.306. The van der Waals surface area contributed by atoms with E-state index in [2.05, 4.69) is 4.98 Å². The Labute approximate surface area is 181 Å². The second kappa shape index (κ2) is 10.1. The van der Waals surface area contributed by atoms with E-state index in [1.165, 1.54) is 13.3 Å². The average molecular weight is 437 g/mol. The van der Waals surface area contributed by atoms with Gasteiger partial charge in [0.15, 0.2) is 5.78 Å². The number of hydrogen-bond donors (Lipinski definition) is 3. The van der Waals surface area contributed by atoms with Crippen LogP contribution in [0.15, 0.2) is 18.3 Å². The molecule has 31 heavy (non-hydrogen) atoms. The third-order valence-electron chi connectivity index (χ3n) is 6.22. The highest BCUT2D eigenvalue weighted by molar-refractivity contribution is 6.07. The molecule has 9 nitrogen and oxygen atoms in total. The molecule has 172 valence electrons. The van der Waals surface area contributed by atoms with E-state index < -0.39 is 30.3 Å². The van der Waals surface area contributed by atoms with Crippen molar-refractivity contribution in [1.29, 1.82) is 0 Å². The minimum absolute atomic E-state index is 0.0283. The lowest BCUT2D eigenvalue weighted by Gasteiger charge is -2.37. The number of methoxy groups -OCH3 is 1. The summed E-state index contributed by atoms with van der Waals surface area (Å²) < 4.78 is 16.2. The summed E-state index contributed by atoms with van der Waals surface area (Å²) in [5.74, 6) is -0.950. The fourth-order valence-corrected chi connectivity index (χ4v) is 3.95. The monoisotopic (exact) mass is 437 g/mol. The van der Waals surface area contributed by atoms with Gasteiger partial charge in [0.2, 0.25) is 5.88 Å². The number of ketones is 2. The van der Waals surface area contributed by atoms with Crippen molar-refractivity contribution in [3.05, 3.63) is 23.9 Å². The third kappa shape index (κ3) is 5.87. The van der Waals surface area contributed by atoms with E-state index in [0.717, 1.165) is 0 Å². The molecule has 0 aromatic carbocycles. The Kier molecular flexibility index (Phi) is 7.77. The van der Waals surface area contributed by atoms with Gasteiger partial charge in [-0.3, -0.25) is 9.59 Å². The van der Waals surface area contributed by atoms with E-state index in [-0.39, 0.29) is 49.1 Å². The molecule has 8 atom stereocenters. The highest BCUT2D eigenvalue weighted by Crippen LogP contribution is 2.37. The maximum absolute atomic E-state index is 12.4. The summed E-state index contributed by atoms with van der Waals surface area (Å²) >= 11 is 0. The van der Waals surface area contributed by atoms with Crippen molar-refractivity contribution in [3.8, 4) is 5.88 Å². The molecule has 1 aromatic heterocycles. The number of carbonyl (C=O) groups is 2. The number of epoxide rings is 1. The molecule has 0 bridgehead atoms. The molecular formula is C22H31NO8. The second-order valence-corrected chi connectivity index (χ2v) is 8.52. The molecule has 3 rings (SSSR count). The summed E-state index contributed by atoms with van der Waals surface area (Å²) in [6.45, 7) is 3.71. The number of carbonyl (C=O) groups excluding carboxylic acids is 2. The maximum Gasteiger partial charge on any atom is 0.212 e. The van der Waals surface area contributed by atoms with Crippen LogP contribution in [0.2, 0.25) is 0 Å². The maximum atomic E-state index is 12.4.